The summed E-state index contributed by atoms with van der Waals surface area (Å²) in [6, 6.07) is 17.2. The van der Waals surface area contributed by atoms with Gasteiger partial charge in [0, 0.05) is 40.5 Å². The molecule has 1 saturated heterocycles. The van der Waals surface area contributed by atoms with E-state index in [0.717, 1.165) is 49.2 Å². The highest BCUT2D eigenvalue weighted by molar-refractivity contribution is 7.11. The lowest BCUT2D eigenvalue weighted by molar-refractivity contribution is -0.192. The number of thiophene rings is 1. The van der Waals surface area contributed by atoms with Crippen LogP contribution in [0.15, 0.2) is 54.9 Å². The van der Waals surface area contributed by atoms with Gasteiger partial charge < -0.3 is 9.67 Å². The van der Waals surface area contributed by atoms with Crippen LogP contribution in [-0.2, 0) is 18.4 Å². The van der Waals surface area contributed by atoms with E-state index in [-0.39, 0.29) is 0 Å². The molecule has 1 fully saturated rings. The number of fused-ring (bicyclic) bond motifs is 1. The summed E-state index contributed by atoms with van der Waals surface area (Å²) in [7, 11) is 2.07. The minimum atomic E-state index is -5.08. The number of aliphatic carboxylic acids is 1. The third-order valence-electron chi connectivity index (χ3n) is 6.20. The molecule has 0 bridgehead atoms. The van der Waals surface area contributed by atoms with Crippen LogP contribution in [0.1, 0.15) is 34.2 Å². The van der Waals surface area contributed by atoms with Gasteiger partial charge in [-0.1, -0.05) is 30.3 Å². The first kappa shape index (κ1) is 25.8. The predicted molar refractivity (Wildman–Crippen MR) is 134 cm³/mol. The summed E-state index contributed by atoms with van der Waals surface area (Å²) < 4.78 is 33.8. The first-order chi connectivity index (χ1) is 17.1. The average molecular weight is 517 g/mol. The molecule has 6 nitrogen and oxygen atoms in total. The largest absolute Gasteiger partial charge is 0.490 e. The van der Waals surface area contributed by atoms with E-state index in [2.05, 4.69) is 70.9 Å². The Bertz CT molecular complexity index is 1330. The van der Waals surface area contributed by atoms with Crippen LogP contribution in [-0.4, -0.2) is 49.8 Å². The van der Waals surface area contributed by atoms with E-state index in [1.165, 1.54) is 21.0 Å². The van der Waals surface area contributed by atoms with Crippen molar-refractivity contribution in [2.75, 3.05) is 13.1 Å². The fourth-order valence-corrected chi connectivity index (χ4v) is 5.26. The first-order valence-electron chi connectivity index (χ1n) is 11.6. The number of hydrogen-bond donors (Lipinski definition) is 1. The molecular weight excluding hydrogens is 489 g/mol. The molecule has 190 valence electrons. The van der Waals surface area contributed by atoms with Crippen LogP contribution in [0.2, 0.25) is 0 Å². The molecule has 1 N–H and O–H groups in total. The van der Waals surface area contributed by atoms with E-state index in [4.69, 9.17) is 14.9 Å². The number of pyridine rings is 1. The van der Waals surface area contributed by atoms with Gasteiger partial charge in [0.2, 0.25) is 0 Å². The second-order valence-electron chi connectivity index (χ2n) is 8.85. The van der Waals surface area contributed by atoms with Gasteiger partial charge in [0.15, 0.2) is 0 Å². The van der Waals surface area contributed by atoms with Crippen molar-refractivity contribution in [1.29, 1.82) is 0 Å². The number of carboxylic acids is 1. The maximum absolute atomic E-state index is 10.6. The van der Waals surface area contributed by atoms with Gasteiger partial charge in [-0.3, -0.25) is 9.88 Å². The third-order valence-corrected chi connectivity index (χ3v) is 7.19. The summed E-state index contributed by atoms with van der Waals surface area (Å²) in [6.07, 6.45) is -0.863. The van der Waals surface area contributed by atoms with Gasteiger partial charge in [-0.05, 0) is 51.1 Å². The summed E-state index contributed by atoms with van der Waals surface area (Å²) in [4.78, 5) is 24.1. The molecule has 1 aromatic carbocycles. The molecule has 36 heavy (non-hydrogen) atoms. The highest BCUT2D eigenvalue weighted by Gasteiger charge is 2.38. The number of aryl methyl sites for hydroxylation is 2. The lowest BCUT2D eigenvalue weighted by Crippen LogP contribution is -2.32. The Labute approximate surface area is 211 Å². The summed E-state index contributed by atoms with van der Waals surface area (Å²) in [6.45, 7) is 5.53. The van der Waals surface area contributed by atoms with Crippen molar-refractivity contribution >= 4 is 28.3 Å². The molecule has 0 aliphatic carbocycles. The average Bonchev–Trinajstić information content (AvgIpc) is 3.44. The molecular formula is C26H27F3N4O2S. The Balaban J connectivity index is 0.000000384. The number of carboxylic acid groups (broad SMARTS) is 1. The van der Waals surface area contributed by atoms with Gasteiger partial charge in [0.05, 0.1) is 17.5 Å². The number of carbonyl (C=O) groups is 1. The molecule has 4 heterocycles. The zero-order valence-electron chi connectivity index (χ0n) is 20.0. The van der Waals surface area contributed by atoms with Gasteiger partial charge in [-0.15, -0.1) is 11.3 Å². The first-order valence-corrected chi connectivity index (χ1v) is 12.4. The van der Waals surface area contributed by atoms with E-state index in [9.17, 15) is 13.2 Å². The van der Waals surface area contributed by atoms with E-state index >= 15 is 0 Å². The number of halogens is 3. The molecule has 1 aliphatic heterocycles. The fraction of sp³-hybridized carbons (Fsp3) is 0.346. The highest BCUT2D eigenvalue weighted by Crippen LogP contribution is 2.33. The quantitative estimate of drug-likeness (QED) is 0.359. The number of aromatic nitrogens is 3. The number of benzene rings is 1. The van der Waals surface area contributed by atoms with Gasteiger partial charge in [-0.25, -0.2) is 9.78 Å². The normalized spacial score (nSPS) is 15.0. The molecule has 0 spiro atoms. The zero-order chi connectivity index (χ0) is 25.9. The van der Waals surface area contributed by atoms with Gasteiger partial charge in [0.1, 0.15) is 5.52 Å². The van der Waals surface area contributed by atoms with E-state index in [1.807, 2.05) is 23.7 Å². The zero-order valence-corrected chi connectivity index (χ0v) is 20.8. The van der Waals surface area contributed by atoms with Crippen molar-refractivity contribution in [2.24, 2.45) is 7.05 Å². The van der Waals surface area contributed by atoms with Crippen molar-refractivity contribution in [1.82, 2.24) is 19.4 Å². The number of piperidine rings is 1. The minimum Gasteiger partial charge on any atom is -0.475 e. The maximum Gasteiger partial charge on any atom is 0.490 e. The number of hydrogen-bond acceptors (Lipinski definition) is 5. The van der Waals surface area contributed by atoms with Crippen molar-refractivity contribution in [3.8, 4) is 11.3 Å². The van der Waals surface area contributed by atoms with Crippen LogP contribution in [0, 0.1) is 6.92 Å². The van der Waals surface area contributed by atoms with Crippen LogP contribution in [0.3, 0.4) is 0 Å². The lowest BCUT2D eigenvalue weighted by Gasteiger charge is -2.31. The number of likely N-dealkylation sites (tertiary alicyclic amines) is 1. The Morgan fingerprint density at radius 1 is 1.14 bits per heavy atom. The van der Waals surface area contributed by atoms with E-state index in [1.54, 1.807) is 0 Å². The van der Waals surface area contributed by atoms with Gasteiger partial charge in [0.25, 0.3) is 0 Å². The van der Waals surface area contributed by atoms with Crippen LogP contribution >= 0.6 is 11.3 Å². The minimum absolute atomic E-state index is 0.512. The molecule has 0 saturated carbocycles. The SMILES string of the molecule is Cc1ccc(CN2CCC(c3cc4c(ncn4C)c(-c4ccccc4)n3)CC2)s1.O=C(O)C(F)(F)F. The Morgan fingerprint density at radius 2 is 1.81 bits per heavy atom. The lowest BCUT2D eigenvalue weighted by atomic mass is 9.92. The monoisotopic (exact) mass is 516 g/mol. The molecule has 0 unspecified atom stereocenters. The molecule has 0 radical (unpaired) electrons. The second kappa shape index (κ2) is 10.8. The maximum atomic E-state index is 10.6. The molecule has 0 amide bonds. The molecule has 5 rings (SSSR count). The third kappa shape index (κ3) is 6.11. The number of nitrogens with zero attached hydrogens (tertiary/aromatic N) is 4. The van der Waals surface area contributed by atoms with Crippen LogP contribution < -0.4 is 0 Å². The second-order valence-corrected chi connectivity index (χ2v) is 10.2. The summed E-state index contributed by atoms with van der Waals surface area (Å²) in [5.41, 5.74) is 5.53. The highest BCUT2D eigenvalue weighted by atomic mass is 32.1. The van der Waals surface area contributed by atoms with Crippen molar-refractivity contribution < 1.29 is 23.1 Å². The molecule has 3 aromatic heterocycles. The Hall–Kier alpha value is -3.24. The van der Waals surface area contributed by atoms with Gasteiger partial charge >= 0.3 is 12.1 Å². The van der Waals surface area contributed by atoms with E-state index in [0.29, 0.717) is 5.92 Å². The number of rotatable bonds is 4. The van der Waals surface area contributed by atoms with Crippen molar-refractivity contribution in [3.63, 3.8) is 0 Å². The molecule has 0 atom stereocenters. The Morgan fingerprint density at radius 3 is 2.39 bits per heavy atom. The smallest absolute Gasteiger partial charge is 0.475 e. The number of imidazole rings is 1. The Kier molecular flexibility index (Phi) is 7.75. The van der Waals surface area contributed by atoms with Crippen LogP contribution in [0.4, 0.5) is 13.2 Å². The fourth-order valence-electron chi connectivity index (χ4n) is 4.33. The van der Waals surface area contributed by atoms with Crippen LogP contribution in [0.5, 0.6) is 0 Å². The summed E-state index contributed by atoms with van der Waals surface area (Å²) in [5, 5.41) is 7.12. The summed E-state index contributed by atoms with van der Waals surface area (Å²) >= 11 is 1.92. The molecule has 4 aromatic rings. The van der Waals surface area contributed by atoms with Crippen LogP contribution in [0.25, 0.3) is 22.3 Å². The molecule has 1 aliphatic rings. The van der Waals surface area contributed by atoms with Crippen molar-refractivity contribution in [2.45, 2.75) is 38.4 Å². The predicted octanol–water partition coefficient (Wildman–Crippen LogP) is 6.02. The van der Waals surface area contributed by atoms with Crippen molar-refractivity contribution in [3.05, 3.63) is 70.3 Å². The topological polar surface area (TPSA) is 71.2 Å². The van der Waals surface area contributed by atoms with Gasteiger partial charge in [-0.2, -0.15) is 13.2 Å². The summed E-state index contributed by atoms with van der Waals surface area (Å²) in [5.74, 6) is -2.24. The van der Waals surface area contributed by atoms with E-state index < -0.39 is 12.1 Å². The number of alkyl halides is 3. The standard InChI is InChI=1S/C24H26N4S.C2HF3O2/c1-17-8-9-20(29-17)15-28-12-10-18(11-13-28)21-14-22-24(25-16-27(22)2)23(26-21)19-6-4-3-5-7-19;3-2(4,5)1(6)7/h3-9,14,16,18H,10-13,15H2,1-2H3;(H,6,7). The molecule has 10 heteroatoms.